The van der Waals surface area contributed by atoms with Crippen LogP contribution in [0.5, 0.6) is 0 Å². The van der Waals surface area contributed by atoms with Crippen molar-refractivity contribution in [1.82, 2.24) is 9.55 Å². The highest BCUT2D eigenvalue weighted by molar-refractivity contribution is 7.99. The van der Waals surface area contributed by atoms with E-state index in [1.54, 1.807) is 34.9 Å². The molecule has 0 fully saturated rings. The Hall–Kier alpha value is -2.09. The van der Waals surface area contributed by atoms with Crippen LogP contribution in [0.2, 0.25) is 5.02 Å². The number of aryl methyl sites for hydroxylation is 2. The summed E-state index contributed by atoms with van der Waals surface area (Å²) in [6.07, 6.45) is 1.65. The second kappa shape index (κ2) is 8.29. The number of nitrogens with zero attached hydrogens (tertiary/aromatic N) is 2. The van der Waals surface area contributed by atoms with Crippen LogP contribution in [0.15, 0.2) is 46.9 Å². The number of thioether (sulfide) groups is 1. The summed E-state index contributed by atoms with van der Waals surface area (Å²) in [4.78, 5) is 31.6. The zero-order valence-electron chi connectivity index (χ0n) is 14.9. The number of nitrogens with one attached hydrogen (secondary N) is 1. The van der Waals surface area contributed by atoms with Crippen molar-refractivity contribution in [1.29, 1.82) is 0 Å². The smallest absolute Gasteiger partial charge is 0.263 e. The predicted molar refractivity (Wildman–Crippen MR) is 114 cm³/mol. The number of halogens is 1. The highest BCUT2D eigenvalue weighted by Crippen LogP contribution is 2.28. The van der Waals surface area contributed by atoms with Crippen LogP contribution < -0.4 is 10.9 Å². The van der Waals surface area contributed by atoms with Crippen molar-refractivity contribution in [3.05, 3.63) is 62.7 Å². The Morgan fingerprint density at radius 3 is 2.85 bits per heavy atom. The van der Waals surface area contributed by atoms with Crippen LogP contribution in [0.3, 0.4) is 0 Å². The summed E-state index contributed by atoms with van der Waals surface area (Å²) in [5, 5.41) is 4.39. The van der Waals surface area contributed by atoms with Gasteiger partial charge in [0.2, 0.25) is 5.91 Å². The zero-order valence-corrected chi connectivity index (χ0v) is 17.3. The van der Waals surface area contributed by atoms with E-state index in [9.17, 15) is 9.59 Å². The van der Waals surface area contributed by atoms with Gasteiger partial charge in [-0.2, -0.15) is 0 Å². The Morgan fingerprint density at radius 2 is 2.15 bits per heavy atom. The van der Waals surface area contributed by atoms with Gasteiger partial charge in [-0.25, -0.2) is 4.98 Å². The monoisotopic (exact) mass is 419 g/mol. The number of carbonyl (C=O) groups is 1. The number of para-hydroxylation sites is 1. The SMILES string of the molecule is C=CCn1c(SCC(=O)Nc2ccccc2Cl)nc2sc(C)c(C)c2c1=O. The van der Waals surface area contributed by atoms with Crippen LogP contribution in [0.25, 0.3) is 10.2 Å². The molecule has 1 aromatic carbocycles. The standard InChI is InChI=1S/C19H18ClN3O2S2/c1-4-9-23-18(25)16-11(2)12(3)27-17(16)22-19(23)26-10-15(24)21-14-8-6-5-7-13(14)20/h4-8H,1,9-10H2,2-3H3,(H,21,24). The van der Waals surface area contributed by atoms with E-state index in [-0.39, 0.29) is 17.2 Å². The number of hydrogen-bond donors (Lipinski definition) is 1. The molecule has 2 aromatic heterocycles. The highest BCUT2D eigenvalue weighted by Gasteiger charge is 2.17. The Labute approximate surface area is 170 Å². The molecule has 2 heterocycles. The van der Waals surface area contributed by atoms with E-state index < -0.39 is 0 Å². The molecule has 0 saturated carbocycles. The first-order chi connectivity index (χ1) is 12.9. The number of aromatic nitrogens is 2. The van der Waals surface area contributed by atoms with Gasteiger partial charge in [0.25, 0.3) is 5.56 Å². The fourth-order valence-electron chi connectivity index (χ4n) is 2.59. The van der Waals surface area contributed by atoms with E-state index in [0.717, 1.165) is 10.4 Å². The summed E-state index contributed by atoms with van der Waals surface area (Å²) in [5.41, 5.74) is 1.41. The molecule has 5 nitrogen and oxygen atoms in total. The summed E-state index contributed by atoms with van der Waals surface area (Å²) >= 11 is 8.78. The van der Waals surface area contributed by atoms with Crippen LogP contribution in [0.4, 0.5) is 5.69 Å². The van der Waals surface area contributed by atoms with E-state index in [1.165, 1.54) is 23.1 Å². The molecule has 0 radical (unpaired) electrons. The van der Waals surface area contributed by atoms with Crippen molar-refractivity contribution in [2.75, 3.05) is 11.1 Å². The first-order valence-corrected chi connectivity index (χ1v) is 10.4. The molecule has 3 rings (SSSR count). The molecular formula is C19H18ClN3O2S2. The summed E-state index contributed by atoms with van der Waals surface area (Å²) < 4.78 is 1.56. The summed E-state index contributed by atoms with van der Waals surface area (Å²) in [6, 6.07) is 7.04. The fraction of sp³-hybridized carbons (Fsp3) is 0.211. The molecule has 0 aliphatic carbocycles. The minimum atomic E-state index is -0.217. The lowest BCUT2D eigenvalue weighted by atomic mass is 10.2. The van der Waals surface area contributed by atoms with E-state index in [0.29, 0.717) is 32.6 Å². The summed E-state index contributed by atoms with van der Waals surface area (Å²) in [5.74, 6) is -0.102. The van der Waals surface area contributed by atoms with Gasteiger partial charge < -0.3 is 5.32 Å². The maximum absolute atomic E-state index is 12.9. The van der Waals surface area contributed by atoms with Crippen LogP contribution in [0, 0.1) is 13.8 Å². The van der Waals surface area contributed by atoms with Gasteiger partial charge in [-0.05, 0) is 31.5 Å². The average molecular weight is 420 g/mol. The van der Waals surface area contributed by atoms with Crippen molar-refractivity contribution in [2.24, 2.45) is 0 Å². The lowest BCUT2D eigenvalue weighted by Gasteiger charge is -2.11. The van der Waals surface area contributed by atoms with E-state index in [2.05, 4.69) is 16.9 Å². The zero-order chi connectivity index (χ0) is 19.6. The number of allylic oxidation sites excluding steroid dienone is 1. The van der Waals surface area contributed by atoms with E-state index in [4.69, 9.17) is 11.6 Å². The number of anilines is 1. The van der Waals surface area contributed by atoms with Gasteiger partial charge >= 0.3 is 0 Å². The van der Waals surface area contributed by atoms with Crippen molar-refractivity contribution >= 4 is 56.5 Å². The largest absolute Gasteiger partial charge is 0.324 e. The van der Waals surface area contributed by atoms with Crippen LogP contribution in [0.1, 0.15) is 10.4 Å². The Balaban J connectivity index is 1.86. The number of carbonyl (C=O) groups excluding carboxylic acids is 1. The maximum atomic E-state index is 12.9. The summed E-state index contributed by atoms with van der Waals surface area (Å²) in [6.45, 7) is 7.96. The number of amides is 1. The third-order valence-corrected chi connectivity index (χ3v) is 6.45. The van der Waals surface area contributed by atoms with Gasteiger partial charge in [0, 0.05) is 11.4 Å². The van der Waals surface area contributed by atoms with Crippen molar-refractivity contribution in [3.8, 4) is 0 Å². The van der Waals surface area contributed by atoms with E-state index in [1.807, 2.05) is 13.8 Å². The number of rotatable bonds is 6. The second-order valence-corrected chi connectivity index (χ2v) is 8.43. The molecule has 0 unspecified atom stereocenters. The van der Waals surface area contributed by atoms with Gasteiger partial charge in [-0.3, -0.25) is 14.2 Å². The molecule has 0 aliphatic rings. The van der Waals surface area contributed by atoms with Gasteiger partial charge in [-0.1, -0.05) is 41.6 Å². The van der Waals surface area contributed by atoms with Gasteiger partial charge in [0.1, 0.15) is 4.83 Å². The van der Waals surface area contributed by atoms with Crippen LogP contribution in [-0.2, 0) is 11.3 Å². The molecule has 27 heavy (non-hydrogen) atoms. The van der Waals surface area contributed by atoms with E-state index >= 15 is 0 Å². The maximum Gasteiger partial charge on any atom is 0.263 e. The Morgan fingerprint density at radius 1 is 1.41 bits per heavy atom. The predicted octanol–water partition coefficient (Wildman–Crippen LogP) is 4.65. The minimum Gasteiger partial charge on any atom is -0.324 e. The molecule has 0 saturated heterocycles. The summed E-state index contributed by atoms with van der Waals surface area (Å²) in [7, 11) is 0. The van der Waals surface area contributed by atoms with Gasteiger partial charge in [0.15, 0.2) is 5.16 Å². The van der Waals surface area contributed by atoms with Gasteiger partial charge in [-0.15, -0.1) is 17.9 Å². The number of fused-ring (bicyclic) bond motifs is 1. The van der Waals surface area contributed by atoms with Crippen molar-refractivity contribution in [2.45, 2.75) is 25.5 Å². The molecule has 8 heteroatoms. The highest BCUT2D eigenvalue weighted by atomic mass is 35.5. The minimum absolute atomic E-state index is 0.101. The lowest BCUT2D eigenvalue weighted by Crippen LogP contribution is -2.23. The third kappa shape index (κ3) is 4.10. The van der Waals surface area contributed by atoms with Gasteiger partial charge in [0.05, 0.1) is 21.8 Å². The molecule has 3 aromatic rings. The topological polar surface area (TPSA) is 64.0 Å². The van der Waals surface area contributed by atoms with Crippen LogP contribution in [-0.4, -0.2) is 21.2 Å². The Kier molecular flexibility index (Phi) is 6.04. The number of hydrogen-bond acceptors (Lipinski definition) is 5. The number of benzene rings is 1. The molecule has 0 atom stereocenters. The molecule has 0 aliphatic heterocycles. The normalized spacial score (nSPS) is 10.9. The van der Waals surface area contributed by atoms with Crippen LogP contribution >= 0.6 is 34.7 Å². The molecule has 140 valence electrons. The van der Waals surface area contributed by atoms with Crippen molar-refractivity contribution in [3.63, 3.8) is 0 Å². The first-order valence-electron chi connectivity index (χ1n) is 8.21. The quantitative estimate of drug-likeness (QED) is 0.359. The molecule has 1 N–H and O–H groups in total. The first kappa shape index (κ1) is 19.7. The molecule has 0 spiro atoms. The van der Waals surface area contributed by atoms with Crippen molar-refractivity contribution < 1.29 is 4.79 Å². The fourth-order valence-corrected chi connectivity index (χ4v) is 4.65. The number of thiophene rings is 1. The second-order valence-electron chi connectivity index (χ2n) is 5.88. The Bertz CT molecular complexity index is 1090. The average Bonchev–Trinajstić information content (AvgIpc) is 2.92. The third-order valence-electron chi connectivity index (χ3n) is 4.05. The molecule has 0 bridgehead atoms. The molecule has 1 amide bonds. The lowest BCUT2D eigenvalue weighted by molar-refractivity contribution is -0.113. The molecular weight excluding hydrogens is 402 g/mol.